The molecule has 78 valence electrons. The van der Waals surface area contributed by atoms with E-state index in [1.807, 2.05) is 31.2 Å². The lowest BCUT2D eigenvalue weighted by Gasteiger charge is -2.09. The van der Waals surface area contributed by atoms with E-state index in [-0.39, 0.29) is 6.10 Å². The van der Waals surface area contributed by atoms with Gasteiger partial charge in [-0.1, -0.05) is 25.1 Å². The molecule has 0 radical (unpaired) electrons. The van der Waals surface area contributed by atoms with Crippen molar-refractivity contribution in [2.24, 2.45) is 0 Å². The second kappa shape index (κ2) is 4.41. The van der Waals surface area contributed by atoms with Crippen molar-refractivity contribution in [3.63, 3.8) is 0 Å². The molecule has 0 amide bonds. The fraction of sp³-hybridized carbons (Fsp3) is 0.308. The van der Waals surface area contributed by atoms with Crippen LogP contribution in [0.5, 0.6) is 0 Å². The Bertz CT molecular complexity index is 448. The van der Waals surface area contributed by atoms with Gasteiger partial charge in [0, 0.05) is 11.6 Å². The first-order chi connectivity index (χ1) is 7.31. The molecule has 0 spiro atoms. The van der Waals surface area contributed by atoms with E-state index in [1.54, 1.807) is 6.20 Å². The number of hydrogen-bond donors (Lipinski definition) is 1. The Morgan fingerprint density at radius 2 is 2.07 bits per heavy atom. The van der Waals surface area contributed by atoms with Crippen molar-refractivity contribution in [2.75, 3.05) is 0 Å². The highest BCUT2D eigenvalue weighted by molar-refractivity contribution is 5.81. The van der Waals surface area contributed by atoms with Gasteiger partial charge in [0.25, 0.3) is 0 Å². The minimum Gasteiger partial charge on any atom is -0.393 e. The molecular formula is C13H15NO. The maximum Gasteiger partial charge on any atom is 0.0704 e. The highest BCUT2D eigenvalue weighted by Gasteiger charge is 2.06. The molecule has 1 aromatic heterocycles. The van der Waals surface area contributed by atoms with Crippen molar-refractivity contribution in [1.29, 1.82) is 0 Å². The van der Waals surface area contributed by atoms with Gasteiger partial charge in [0.2, 0.25) is 0 Å². The lowest BCUT2D eigenvalue weighted by molar-refractivity contribution is 0.171. The molecule has 2 rings (SSSR count). The minimum atomic E-state index is -0.254. The maximum absolute atomic E-state index is 9.65. The predicted octanol–water partition coefficient (Wildman–Crippen LogP) is 2.55. The van der Waals surface area contributed by atoms with Crippen LogP contribution in [0.2, 0.25) is 0 Å². The molecule has 1 N–H and O–H groups in total. The lowest BCUT2D eigenvalue weighted by Crippen LogP contribution is -2.08. The largest absolute Gasteiger partial charge is 0.393 e. The van der Waals surface area contributed by atoms with E-state index in [2.05, 4.69) is 11.1 Å². The highest BCUT2D eigenvalue weighted by atomic mass is 16.3. The molecular weight excluding hydrogens is 186 g/mol. The Morgan fingerprint density at radius 3 is 2.87 bits per heavy atom. The number of aliphatic hydroxyl groups is 1. The molecule has 1 unspecified atom stereocenters. The molecule has 15 heavy (non-hydrogen) atoms. The summed E-state index contributed by atoms with van der Waals surface area (Å²) in [5.41, 5.74) is 2.17. The summed E-state index contributed by atoms with van der Waals surface area (Å²) in [7, 11) is 0. The Labute approximate surface area is 89.6 Å². The summed E-state index contributed by atoms with van der Waals surface area (Å²) in [6.45, 7) is 1.99. The Balaban J connectivity index is 2.42. The van der Waals surface area contributed by atoms with E-state index < -0.39 is 0 Å². The molecule has 0 saturated carbocycles. The number of rotatable bonds is 3. The van der Waals surface area contributed by atoms with E-state index in [9.17, 15) is 5.11 Å². The monoisotopic (exact) mass is 201 g/mol. The van der Waals surface area contributed by atoms with E-state index in [4.69, 9.17) is 0 Å². The van der Waals surface area contributed by atoms with Gasteiger partial charge in [-0.25, -0.2) is 0 Å². The molecule has 2 nitrogen and oxygen atoms in total. The van der Waals surface area contributed by atoms with Gasteiger partial charge in [0.1, 0.15) is 0 Å². The third kappa shape index (κ3) is 2.16. The number of fused-ring (bicyclic) bond motifs is 1. The molecule has 0 bridgehead atoms. The second-order valence-electron chi connectivity index (χ2n) is 3.75. The number of aliphatic hydroxyl groups excluding tert-OH is 1. The standard InChI is InChI=1S/C13H15NO/c1-2-11(15)9-10-7-8-14-13-6-4-3-5-12(10)13/h3-8,11,15H,2,9H2,1H3. The third-order valence-corrected chi connectivity index (χ3v) is 2.67. The first-order valence-electron chi connectivity index (χ1n) is 5.32. The van der Waals surface area contributed by atoms with Crippen LogP contribution in [0.1, 0.15) is 18.9 Å². The molecule has 0 aliphatic carbocycles. The quantitative estimate of drug-likeness (QED) is 0.827. The fourth-order valence-corrected chi connectivity index (χ4v) is 1.73. The van der Waals surface area contributed by atoms with Crippen molar-refractivity contribution in [1.82, 2.24) is 4.98 Å². The van der Waals surface area contributed by atoms with Crippen molar-refractivity contribution in [3.05, 3.63) is 42.1 Å². The van der Waals surface area contributed by atoms with E-state index >= 15 is 0 Å². The Kier molecular flexibility index (Phi) is 2.97. The van der Waals surface area contributed by atoms with Gasteiger partial charge in [-0.05, 0) is 30.5 Å². The second-order valence-corrected chi connectivity index (χ2v) is 3.75. The third-order valence-electron chi connectivity index (χ3n) is 2.67. The zero-order valence-electron chi connectivity index (χ0n) is 8.85. The summed E-state index contributed by atoms with van der Waals surface area (Å²) in [6.07, 6.45) is 3.05. The van der Waals surface area contributed by atoms with Gasteiger partial charge >= 0.3 is 0 Å². The zero-order valence-corrected chi connectivity index (χ0v) is 8.85. The molecule has 0 aliphatic heterocycles. The Morgan fingerprint density at radius 1 is 1.27 bits per heavy atom. The number of aromatic nitrogens is 1. The summed E-state index contributed by atoms with van der Waals surface area (Å²) >= 11 is 0. The van der Waals surface area contributed by atoms with Crippen LogP contribution in [-0.2, 0) is 6.42 Å². The normalized spacial score (nSPS) is 12.9. The highest BCUT2D eigenvalue weighted by Crippen LogP contribution is 2.18. The number of para-hydroxylation sites is 1. The van der Waals surface area contributed by atoms with Crippen LogP contribution in [0.15, 0.2) is 36.5 Å². The molecule has 1 heterocycles. The van der Waals surface area contributed by atoms with Crippen LogP contribution in [0, 0.1) is 0 Å². The average molecular weight is 201 g/mol. The van der Waals surface area contributed by atoms with Gasteiger partial charge in [-0.3, -0.25) is 4.98 Å². The summed E-state index contributed by atoms with van der Waals surface area (Å²) in [6, 6.07) is 10.0. The van der Waals surface area contributed by atoms with Crippen LogP contribution in [-0.4, -0.2) is 16.2 Å². The van der Waals surface area contributed by atoms with Crippen molar-refractivity contribution in [3.8, 4) is 0 Å². The van der Waals surface area contributed by atoms with Crippen molar-refractivity contribution >= 4 is 10.9 Å². The fourth-order valence-electron chi connectivity index (χ4n) is 1.73. The molecule has 2 aromatic rings. The first-order valence-corrected chi connectivity index (χ1v) is 5.32. The number of hydrogen-bond acceptors (Lipinski definition) is 2. The van der Waals surface area contributed by atoms with E-state index in [0.717, 1.165) is 17.3 Å². The first kappa shape index (κ1) is 10.1. The average Bonchev–Trinajstić information content (AvgIpc) is 2.29. The van der Waals surface area contributed by atoms with Crippen LogP contribution in [0.25, 0.3) is 10.9 Å². The van der Waals surface area contributed by atoms with E-state index in [1.165, 1.54) is 5.56 Å². The summed E-state index contributed by atoms with van der Waals surface area (Å²) < 4.78 is 0. The molecule has 0 saturated heterocycles. The number of pyridine rings is 1. The van der Waals surface area contributed by atoms with Gasteiger partial charge < -0.3 is 5.11 Å². The van der Waals surface area contributed by atoms with Gasteiger partial charge in [0.05, 0.1) is 11.6 Å². The van der Waals surface area contributed by atoms with Crippen molar-refractivity contribution in [2.45, 2.75) is 25.9 Å². The Hall–Kier alpha value is -1.41. The molecule has 1 aromatic carbocycles. The summed E-state index contributed by atoms with van der Waals surface area (Å²) in [5, 5.41) is 10.8. The topological polar surface area (TPSA) is 33.1 Å². The smallest absolute Gasteiger partial charge is 0.0704 e. The zero-order chi connectivity index (χ0) is 10.7. The van der Waals surface area contributed by atoms with Crippen LogP contribution >= 0.6 is 0 Å². The number of nitrogens with zero attached hydrogens (tertiary/aromatic N) is 1. The summed E-state index contributed by atoms with van der Waals surface area (Å²) in [5.74, 6) is 0. The molecule has 0 aliphatic rings. The lowest BCUT2D eigenvalue weighted by atomic mass is 10.0. The van der Waals surface area contributed by atoms with Gasteiger partial charge in [0.15, 0.2) is 0 Å². The van der Waals surface area contributed by atoms with Crippen LogP contribution in [0.3, 0.4) is 0 Å². The maximum atomic E-state index is 9.65. The summed E-state index contributed by atoms with van der Waals surface area (Å²) in [4.78, 5) is 4.29. The molecule has 1 atom stereocenters. The predicted molar refractivity (Wildman–Crippen MR) is 61.7 cm³/mol. The van der Waals surface area contributed by atoms with Gasteiger partial charge in [-0.15, -0.1) is 0 Å². The van der Waals surface area contributed by atoms with Crippen LogP contribution < -0.4 is 0 Å². The minimum absolute atomic E-state index is 0.254. The van der Waals surface area contributed by atoms with Crippen molar-refractivity contribution < 1.29 is 5.11 Å². The van der Waals surface area contributed by atoms with Gasteiger partial charge in [-0.2, -0.15) is 0 Å². The van der Waals surface area contributed by atoms with Crippen LogP contribution in [0.4, 0.5) is 0 Å². The van der Waals surface area contributed by atoms with E-state index in [0.29, 0.717) is 6.42 Å². The molecule has 2 heteroatoms. The SMILES string of the molecule is CCC(O)Cc1ccnc2ccccc12. The number of benzene rings is 1. The molecule has 0 fully saturated rings.